The maximum Gasteiger partial charge on any atom is 0.410 e. The van der Waals surface area contributed by atoms with E-state index < -0.39 is 54.3 Å². The molecule has 1 N–H and O–H groups in total. The van der Waals surface area contributed by atoms with Crippen LogP contribution in [0.15, 0.2) is 78.9 Å². The molecule has 0 radical (unpaired) electrons. The van der Waals surface area contributed by atoms with Gasteiger partial charge in [0, 0.05) is 6.54 Å². The fraction of sp³-hybridized carbons (Fsp3) is 0.276. The van der Waals surface area contributed by atoms with Crippen molar-refractivity contribution in [1.82, 2.24) is 9.80 Å². The van der Waals surface area contributed by atoms with Crippen LogP contribution < -0.4 is 0 Å². The number of hydrogen-bond acceptors (Lipinski definition) is 4. The second-order valence-electron chi connectivity index (χ2n) is 9.49. The molecule has 0 aromatic heterocycles. The Morgan fingerprint density at radius 3 is 2.00 bits per heavy atom. The van der Waals surface area contributed by atoms with Gasteiger partial charge < -0.3 is 14.7 Å². The minimum Gasteiger partial charge on any atom is -0.480 e. The standard InChI is InChI=1S/C29H26F2N2O5/c30-22-12-7-13-23(31)21(22)17-38-29(37)33-20-14-15-24(33)26(28(35)36)32(16-20)27(34)25(18-8-3-1-4-9-18)19-10-5-2-6-11-19/h1-13,20,24-26H,14-17H2,(H,35,36)/t20-,24+,26-/m0/s1. The first-order valence-corrected chi connectivity index (χ1v) is 12.4. The van der Waals surface area contributed by atoms with E-state index in [1.165, 1.54) is 15.9 Å². The molecule has 3 atom stereocenters. The maximum atomic E-state index is 14.0. The highest BCUT2D eigenvalue weighted by Gasteiger charge is 2.54. The fourth-order valence-corrected chi connectivity index (χ4v) is 5.57. The largest absolute Gasteiger partial charge is 0.480 e. The Morgan fingerprint density at radius 2 is 1.45 bits per heavy atom. The van der Waals surface area contributed by atoms with Crippen LogP contribution in [0, 0.1) is 11.6 Å². The van der Waals surface area contributed by atoms with Gasteiger partial charge in [0.15, 0.2) is 0 Å². The lowest BCUT2D eigenvalue weighted by atomic mass is 9.88. The smallest absolute Gasteiger partial charge is 0.410 e. The van der Waals surface area contributed by atoms with Crippen LogP contribution in [0.3, 0.4) is 0 Å². The summed E-state index contributed by atoms with van der Waals surface area (Å²) >= 11 is 0. The third-order valence-corrected chi connectivity index (χ3v) is 7.32. The molecule has 0 saturated carbocycles. The highest BCUT2D eigenvalue weighted by Crippen LogP contribution is 2.38. The predicted octanol–water partition coefficient (Wildman–Crippen LogP) is 4.56. The number of piperazine rings is 1. The summed E-state index contributed by atoms with van der Waals surface area (Å²) in [4.78, 5) is 42.3. The molecule has 2 aliphatic rings. The fourth-order valence-electron chi connectivity index (χ4n) is 5.57. The van der Waals surface area contributed by atoms with Crippen LogP contribution in [0.25, 0.3) is 0 Å². The lowest BCUT2D eigenvalue weighted by Gasteiger charge is -2.45. The number of carbonyl (C=O) groups excluding carboxylic acids is 2. The number of carboxylic acid groups (broad SMARTS) is 1. The van der Waals surface area contributed by atoms with Crippen molar-refractivity contribution >= 4 is 18.0 Å². The molecule has 2 aliphatic heterocycles. The predicted molar refractivity (Wildman–Crippen MR) is 133 cm³/mol. The number of amides is 2. The Labute approximate surface area is 218 Å². The number of fused-ring (bicyclic) bond motifs is 2. The van der Waals surface area contributed by atoms with Crippen molar-refractivity contribution in [3.05, 3.63) is 107 Å². The summed E-state index contributed by atoms with van der Waals surface area (Å²) in [5.74, 6) is -4.00. The van der Waals surface area contributed by atoms with E-state index in [-0.39, 0.29) is 18.0 Å². The number of rotatable bonds is 6. The van der Waals surface area contributed by atoms with E-state index in [0.29, 0.717) is 12.8 Å². The Bertz CT molecular complexity index is 1280. The SMILES string of the molecule is O=C(O)[C@@H]1[C@H]2CC[C@@H](CN1C(=O)C(c1ccccc1)c1ccccc1)N2C(=O)OCc1c(F)cccc1F. The van der Waals surface area contributed by atoms with Crippen LogP contribution in [-0.4, -0.2) is 57.5 Å². The minimum absolute atomic E-state index is 0.00558. The molecule has 0 unspecified atom stereocenters. The molecule has 5 rings (SSSR count). The summed E-state index contributed by atoms with van der Waals surface area (Å²) in [6, 6.07) is 19.0. The number of likely N-dealkylation sites (tertiary alicyclic amines) is 1. The first-order chi connectivity index (χ1) is 18.4. The quantitative estimate of drug-likeness (QED) is 0.515. The van der Waals surface area contributed by atoms with E-state index in [4.69, 9.17) is 4.74 Å². The van der Waals surface area contributed by atoms with Crippen LogP contribution in [-0.2, 0) is 20.9 Å². The van der Waals surface area contributed by atoms with Crippen molar-refractivity contribution in [1.29, 1.82) is 0 Å². The first-order valence-electron chi connectivity index (χ1n) is 12.4. The number of carboxylic acids is 1. The van der Waals surface area contributed by atoms with Gasteiger partial charge in [-0.15, -0.1) is 0 Å². The van der Waals surface area contributed by atoms with Crippen molar-refractivity contribution in [2.75, 3.05) is 6.54 Å². The van der Waals surface area contributed by atoms with Crippen LogP contribution in [0.2, 0.25) is 0 Å². The van der Waals surface area contributed by atoms with Gasteiger partial charge in [0.05, 0.1) is 23.6 Å². The zero-order valence-corrected chi connectivity index (χ0v) is 20.4. The second-order valence-corrected chi connectivity index (χ2v) is 9.49. The van der Waals surface area contributed by atoms with Crippen LogP contribution in [0.5, 0.6) is 0 Å². The van der Waals surface area contributed by atoms with Gasteiger partial charge in [0.25, 0.3) is 0 Å². The highest BCUT2D eigenvalue weighted by molar-refractivity contribution is 5.92. The third kappa shape index (κ3) is 4.71. The van der Waals surface area contributed by atoms with Crippen LogP contribution in [0.4, 0.5) is 13.6 Å². The molecule has 38 heavy (non-hydrogen) atoms. The monoisotopic (exact) mass is 520 g/mol. The zero-order valence-electron chi connectivity index (χ0n) is 20.4. The van der Waals surface area contributed by atoms with Crippen molar-refractivity contribution in [2.45, 2.75) is 43.5 Å². The molecule has 3 aromatic carbocycles. The van der Waals surface area contributed by atoms with E-state index >= 15 is 0 Å². The number of hydrogen-bond donors (Lipinski definition) is 1. The van der Waals surface area contributed by atoms with E-state index in [0.717, 1.165) is 23.3 Å². The molecule has 9 heteroatoms. The summed E-state index contributed by atoms with van der Waals surface area (Å²) in [5.41, 5.74) is 1.08. The van der Waals surface area contributed by atoms with Crippen molar-refractivity contribution in [2.24, 2.45) is 0 Å². The van der Waals surface area contributed by atoms with Gasteiger partial charge in [-0.3, -0.25) is 9.69 Å². The Balaban J connectivity index is 1.41. The van der Waals surface area contributed by atoms with Gasteiger partial charge in [-0.1, -0.05) is 66.7 Å². The summed E-state index contributed by atoms with van der Waals surface area (Å²) in [5, 5.41) is 10.2. The normalized spacial score (nSPS) is 20.4. The molecule has 2 amide bonds. The molecular weight excluding hydrogens is 494 g/mol. The first kappa shape index (κ1) is 25.4. The van der Waals surface area contributed by atoms with E-state index in [1.54, 1.807) is 0 Å². The molecule has 196 valence electrons. The Kier molecular flexibility index (Phi) is 7.09. The molecule has 0 spiro atoms. The van der Waals surface area contributed by atoms with Crippen molar-refractivity contribution in [3.63, 3.8) is 0 Å². The van der Waals surface area contributed by atoms with Gasteiger partial charge in [0.2, 0.25) is 5.91 Å². The van der Waals surface area contributed by atoms with Gasteiger partial charge >= 0.3 is 12.1 Å². The van der Waals surface area contributed by atoms with Crippen molar-refractivity contribution in [3.8, 4) is 0 Å². The molecule has 2 fully saturated rings. The molecule has 3 aromatic rings. The van der Waals surface area contributed by atoms with Crippen molar-refractivity contribution < 1.29 is 33.0 Å². The number of halogens is 2. The van der Waals surface area contributed by atoms with E-state index in [2.05, 4.69) is 0 Å². The second kappa shape index (κ2) is 10.6. The highest BCUT2D eigenvalue weighted by atomic mass is 19.1. The number of nitrogens with zero attached hydrogens (tertiary/aromatic N) is 2. The van der Waals surface area contributed by atoms with Crippen LogP contribution in [0.1, 0.15) is 35.4 Å². The van der Waals surface area contributed by atoms with Gasteiger partial charge in [-0.25, -0.2) is 18.4 Å². The summed E-state index contributed by atoms with van der Waals surface area (Å²) in [7, 11) is 0. The molecular formula is C29H26F2N2O5. The molecule has 2 bridgehead atoms. The zero-order chi connectivity index (χ0) is 26.8. The summed E-state index contributed by atoms with van der Waals surface area (Å²) in [6.45, 7) is -0.622. The number of benzene rings is 3. The van der Waals surface area contributed by atoms with Gasteiger partial charge in [-0.2, -0.15) is 0 Å². The maximum absolute atomic E-state index is 14.0. The lowest BCUT2D eigenvalue weighted by Crippen LogP contribution is -2.65. The molecule has 2 heterocycles. The van der Waals surface area contributed by atoms with E-state index in [1.807, 2.05) is 60.7 Å². The lowest BCUT2D eigenvalue weighted by molar-refractivity contribution is -0.156. The Hall–Kier alpha value is -4.27. The Morgan fingerprint density at radius 1 is 0.868 bits per heavy atom. The minimum atomic E-state index is -1.30. The molecule has 7 nitrogen and oxygen atoms in total. The number of aliphatic carboxylic acids is 1. The summed E-state index contributed by atoms with van der Waals surface area (Å²) in [6.07, 6.45) is -0.0280. The third-order valence-electron chi connectivity index (χ3n) is 7.32. The number of carbonyl (C=O) groups is 3. The average Bonchev–Trinajstić information content (AvgIpc) is 3.22. The molecule has 2 saturated heterocycles. The topological polar surface area (TPSA) is 87.2 Å². The van der Waals surface area contributed by atoms with E-state index in [9.17, 15) is 28.3 Å². The van der Waals surface area contributed by atoms with Crippen LogP contribution >= 0.6 is 0 Å². The number of ether oxygens (including phenoxy) is 1. The average molecular weight is 521 g/mol. The van der Waals surface area contributed by atoms with Gasteiger partial charge in [-0.05, 0) is 36.1 Å². The summed E-state index contributed by atoms with van der Waals surface area (Å²) < 4.78 is 33.2. The molecule has 0 aliphatic carbocycles. The van der Waals surface area contributed by atoms with Gasteiger partial charge in [0.1, 0.15) is 24.3 Å².